The number of nitrogens with zero attached hydrogens (tertiary/aromatic N) is 1. The minimum atomic E-state index is -1.15. The minimum Gasteiger partial charge on any atom is -0.481 e. The van der Waals surface area contributed by atoms with E-state index >= 15 is 0 Å². The van der Waals surface area contributed by atoms with Crippen molar-refractivity contribution in [3.05, 3.63) is 59.7 Å². The Morgan fingerprint density at radius 1 is 0.967 bits per heavy atom. The number of carboxylic acid groups (broad SMARTS) is 2. The molecule has 2 aromatic rings. The molecular formula is C23H25NO6. The average molecular weight is 411 g/mol. The standard InChI is InChI=1S/C23H25NO6/c25-15-24(21(23(28)29)12-2-1-3-13-22(26)27)30-14-20-18-10-6-4-8-16(18)17-9-5-7-11-19(17)20/h4-11,15,20-21H,1-3,12-14H2,(H,26,27)(H,28,29). The molecule has 1 unspecified atom stereocenters. The van der Waals surface area contributed by atoms with Gasteiger partial charge in [-0.25, -0.2) is 9.86 Å². The van der Waals surface area contributed by atoms with Crippen molar-refractivity contribution in [2.45, 2.75) is 44.1 Å². The van der Waals surface area contributed by atoms with Gasteiger partial charge in [0, 0.05) is 12.3 Å². The summed E-state index contributed by atoms with van der Waals surface area (Å²) < 4.78 is 0. The van der Waals surface area contributed by atoms with Gasteiger partial charge >= 0.3 is 11.9 Å². The highest BCUT2D eigenvalue weighted by atomic mass is 16.7. The van der Waals surface area contributed by atoms with Gasteiger partial charge in [-0.1, -0.05) is 61.4 Å². The summed E-state index contributed by atoms with van der Waals surface area (Å²) in [4.78, 5) is 39.5. The molecule has 0 spiro atoms. The quantitative estimate of drug-likeness (QED) is 0.314. The molecule has 0 saturated carbocycles. The molecule has 0 heterocycles. The summed E-state index contributed by atoms with van der Waals surface area (Å²) in [6, 6.07) is 14.9. The van der Waals surface area contributed by atoms with Gasteiger partial charge < -0.3 is 10.2 Å². The number of carbonyl (C=O) groups excluding carboxylic acids is 1. The van der Waals surface area contributed by atoms with E-state index in [0.29, 0.717) is 25.7 Å². The summed E-state index contributed by atoms with van der Waals surface area (Å²) >= 11 is 0. The molecule has 0 bridgehead atoms. The highest BCUT2D eigenvalue weighted by Gasteiger charge is 2.31. The van der Waals surface area contributed by atoms with Crippen LogP contribution in [0.1, 0.15) is 49.1 Å². The highest BCUT2D eigenvalue weighted by Crippen LogP contribution is 2.44. The molecule has 0 fully saturated rings. The number of hydrogen-bond acceptors (Lipinski definition) is 4. The van der Waals surface area contributed by atoms with E-state index in [4.69, 9.17) is 9.94 Å². The molecule has 1 aliphatic carbocycles. The Morgan fingerprint density at radius 3 is 2.10 bits per heavy atom. The summed E-state index contributed by atoms with van der Waals surface area (Å²) in [6.45, 7) is 0.148. The average Bonchev–Trinajstić information content (AvgIpc) is 3.06. The van der Waals surface area contributed by atoms with E-state index in [2.05, 4.69) is 0 Å². The van der Waals surface area contributed by atoms with Crippen molar-refractivity contribution in [3.63, 3.8) is 0 Å². The molecule has 30 heavy (non-hydrogen) atoms. The molecule has 0 aromatic heterocycles. The fraction of sp³-hybridized carbons (Fsp3) is 0.348. The van der Waals surface area contributed by atoms with E-state index in [-0.39, 0.29) is 25.4 Å². The molecule has 0 radical (unpaired) electrons. The summed E-state index contributed by atoms with van der Waals surface area (Å²) in [5, 5.41) is 19.1. The number of rotatable bonds is 12. The lowest BCUT2D eigenvalue weighted by Crippen LogP contribution is -2.41. The molecule has 0 aliphatic heterocycles. The summed E-state index contributed by atoms with van der Waals surface area (Å²) in [5.41, 5.74) is 4.41. The number of benzene rings is 2. The van der Waals surface area contributed by atoms with Crippen molar-refractivity contribution in [3.8, 4) is 11.1 Å². The van der Waals surface area contributed by atoms with Gasteiger partial charge in [0.05, 0.1) is 6.61 Å². The maximum absolute atomic E-state index is 11.7. The maximum Gasteiger partial charge on any atom is 0.329 e. The smallest absolute Gasteiger partial charge is 0.329 e. The van der Waals surface area contributed by atoms with Crippen LogP contribution in [0.25, 0.3) is 11.1 Å². The molecule has 1 atom stereocenters. The summed E-state index contributed by atoms with van der Waals surface area (Å²) in [5.74, 6) is -2.11. The third-order valence-electron chi connectivity index (χ3n) is 5.42. The number of unbranched alkanes of at least 4 members (excludes halogenated alkanes) is 2. The van der Waals surface area contributed by atoms with Crippen molar-refractivity contribution in [2.24, 2.45) is 0 Å². The van der Waals surface area contributed by atoms with Gasteiger partial charge in [-0.15, -0.1) is 0 Å². The molecule has 2 aromatic carbocycles. The van der Waals surface area contributed by atoms with Crippen LogP contribution in [0.5, 0.6) is 0 Å². The van der Waals surface area contributed by atoms with E-state index in [9.17, 15) is 19.5 Å². The number of hydrogen-bond donors (Lipinski definition) is 2. The zero-order chi connectivity index (χ0) is 21.5. The monoisotopic (exact) mass is 411 g/mol. The lowest BCUT2D eigenvalue weighted by molar-refractivity contribution is -0.197. The first-order chi connectivity index (χ1) is 14.5. The Kier molecular flexibility index (Phi) is 7.19. The van der Waals surface area contributed by atoms with Crippen LogP contribution in [0.15, 0.2) is 48.5 Å². The first-order valence-corrected chi connectivity index (χ1v) is 10.0. The van der Waals surface area contributed by atoms with Crippen LogP contribution in [0, 0.1) is 0 Å². The van der Waals surface area contributed by atoms with Crippen LogP contribution >= 0.6 is 0 Å². The van der Waals surface area contributed by atoms with Crippen molar-refractivity contribution >= 4 is 18.3 Å². The zero-order valence-electron chi connectivity index (χ0n) is 16.6. The SMILES string of the molecule is O=CN(OCC1c2ccccc2-c2ccccc21)C(CCCCCC(=O)O)C(=O)O. The Hall–Kier alpha value is -3.19. The zero-order valence-corrected chi connectivity index (χ0v) is 16.6. The normalized spacial score (nSPS) is 13.3. The first kappa shape index (κ1) is 21.5. The predicted molar refractivity (Wildman–Crippen MR) is 110 cm³/mol. The summed E-state index contributed by atoms with van der Waals surface area (Å²) in [7, 11) is 0. The number of amides is 1. The van der Waals surface area contributed by atoms with E-state index in [1.807, 2.05) is 48.5 Å². The van der Waals surface area contributed by atoms with Gasteiger partial charge in [-0.05, 0) is 35.1 Å². The van der Waals surface area contributed by atoms with Crippen molar-refractivity contribution in [1.29, 1.82) is 0 Å². The number of aliphatic carboxylic acids is 2. The van der Waals surface area contributed by atoms with E-state index in [0.717, 1.165) is 27.3 Å². The van der Waals surface area contributed by atoms with E-state index < -0.39 is 18.0 Å². The second-order valence-electron chi connectivity index (χ2n) is 7.34. The molecule has 7 nitrogen and oxygen atoms in total. The highest BCUT2D eigenvalue weighted by molar-refractivity contribution is 5.79. The van der Waals surface area contributed by atoms with Crippen molar-refractivity contribution < 1.29 is 29.4 Å². The topological polar surface area (TPSA) is 104 Å². The van der Waals surface area contributed by atoms with Gasteiger partial charge in [-0.3, -0.25) is 14.4 Å². The van der Waals surface area contributed by atoms with Gasteiger partial charge in [0.25, 0.3) is 0 Å². The first-order valence-electron chi connectivity index (χ1n) is 10.0. The number of hydroxylamine groups is 2. The lowest BCUT2D eigenvalue weighted by Gasteiger charge is -2.26. The molecule has 3 rings (SSSR count). The second-order valence-corrected chi connectivity index (χ2v) is 7.34. The second kappa shape index (κ2) is 10.0. The predicted octanol–water partition coefficient (Wildman–Crippen LogP) is 3.68. The fourth-order valence-electron chi connectivity index (χ4n) is 3.94. The molecule has 1 aliphatic rings. The fourth-order valence-corrected chi connectivity index (χ4v) is 3.94. The van der Waals surface area contributed by atoms with Gasteiger partial charge in [0.15, 0.2) is 6.04 Å². The molecule has 1 amide bonds. The molecule has 7 heteroatoms. The van der Waals surface area contributed by atoms with Crippen LogP contribution in [0.4, 0.5) is 0 Å². The number of fused-ring (bicyclic) bond motifs is 3. The van der Waals surface area contributed by atoms with Gasteiger partial charge in [-0.2, -0.15) is 0 Å². The molecule has 158 valence electrons. The summed E-state index contributed by atoms with van der Waals surface area (Å²) in [6.07, 6.45) is 2.19. The Balaban J connectivity index is 1.66. The lowest BCUT2D eigenvalue weighted by atomic mass is 9.98. The Labute approximate surface area is 174 Å². The van der Waals surface area contributed by atoms with Gasteiger partial charge in [0.2, 0.25) is 6.41 Å². The van der Waals surface area contributed by atoms with Crippen LogP contribution < -0.4 is 0 Å². The Bertz CT molecular complexity index is 867. The van der Waals surface area contributed by atoms with Crippen molar-refractivity contribution in [2.75, 3.05) is 6.61 Å². The van der Waals surface area contributed by atoms with Crippen LogP contribution in [0.3, 0.4) is 0 Å². The van der Waals surface area contributed by atoms with Crippen LogP contribution in [0.2, 0.25) is 0 Å². The van der Waals surface area contributed by atoms with Crippen molar-refractivity contribution in [1.82, 2.24) is 5.06 Å². The number of carbonyl (C=O) groups is 3. The third kappa shape index (κ3) is 4.86. The largest absolute Gasteiger partial charge is 0.481 e. The molecule has 2 N–H and O–H groups in total. The minimum absolute atomic E-state index is 0.0477. The number of carboxylic acids is 2. The van der Waals surface area contributed by atoms with E-state index in [1.165, 1.54) is 0 Å². The third-order valence-corrected chi connectivity index (χ3v) is 5.42. The van der Waals surface area contributed by atoms with Gasteiger partial charge in [0.1, 0.15) is 0 Å². The van der Waals surface area contributed by atoms with E-state index in [1.54, 1.807) is 0 Å². The molecule has 0 saturated heterocycles. The Morgan fingerprint density at radius 2 is 1.57 bits per heavy atom. The maximum atomic E-state index is 11.7. The van der Waals surface area contributed by atoms with Crippen LogP contribution in [-0.2, 0) is 19.2 Å². The van der Waals surface area contributed by atoms with Crippen LogP contribution in [-0.4, -0.2) is 46.3 Å². The molecular weight excluding hydrogens is 386 g/mol.